The van der Waals surface area contributed by atoms with Gasteiger partial charge in [-0.25, -0.2) is 0 Å². The first-order chi connectivity index (χ1) is 15.8. The number of carbonyl (C=O) groups excluding carboxylic acids is 2. The van der Waals surface area contributed by atoms with Crippen LogP contribution in [0, 0.1) is 0 Å². The van der Waals surface area contributed by atoms with Crippen molar-refractivity contribution in [2.45, 2.75) is 0 Å². The number of para-hydroxylation sites is 4. The van der Waals surface area contributed by atoms with E-state index in [-0.39, 0.29) is 26.3 Å². The van der Waals surface area contributed by atoms with Crippen LogP contribution in [0.25, 0.3) is 0 Å². The number of hydrogen-bond acceptors (Lipinski definition) is 2. The molecule has 4 aromatic rings. The standard InChI is InChI=1S/C26H20N2O2Se2/c29-19-27(21-11-3-1-4-12-21)23-15-7-9-17-25(23)31-32-26-18-10-8-16-24(26)28(20-30)22-13-5-2-6-14-22/h1-20H. The zero-order chi connectivity index (χ0) is 22.2. The van der Waals surface area contributed by atoms with Crippen molar-refractivity contribution in [3.8, 4) is 0 Å². The zero-order valence-corrected chi connectivity index (χ0v) is 20.5. The maximum absolute atomic E-state index is 12.0. The molecule has 0 bridgehead atoms. The molecule has 0 aliphatic rings. The molecule has 0 fully saturated rings. The fraction of sp³-hybridized carbons (Fsp3) is 0. The Morgan fingerprint density at radius 1 is 0.469 bits per heavy atom. The summed E-state index contributed by atoms with van der Waals surface area (Å²) in [6.07, 6.45) is 1.74. The van der Waals surface area contributed by atoms with Gasteiger partial charge in [-0.15, -0.1) is 0 Å². The Hall–Kier alpha value is -3.14. The molecule has 0 radical (unpaired) electrons. The van der Waals surface area contributed by atoms with Crippen molar-refractivity contribution < 1.29 is 9.59 Å². The van der Waals surface area contributed by atoms with Gasteiger partial charge in [-0.3, -0.25) is 0 Å². The van der Waals surface area contributed by atoms with Crippen molar-refractivity contribution in [1.82, 2.24) is 0 Å². The molecule has 0 aromatic heterocycles. The summed E-state index contributed by atoms with van der Waals surface area (Å²) in [6, 6.07) is 35.4. The molecule has 0 saturated carbocycles. The summed E-state index contributed by atoms with van der Waals surface area (Å²) in [5, 5.41) is 0. The molecular formula is C26H20N2O2Se2. The fourth-order valence-corrected chi connectivity index (χ4v) is 10.3. The topological polar surface area (TPSA) is 40.6 Å². The van der Waals surface area contributed by atoms with E-state index >= 15 is 0 Å². The molecule has 158 valence electrons. The SMILES string of the molecule is O=CN(c1ccccc1)c1ccccc1[Se][Se]c1ccccc1N(C=O)c1ccccc1. The summed E-state index contributed by atoms with van der Waals surface area (Å²) in [6.45, 7) is 0. The Morgan fingerprint density at radius 3 is 1.19 bits per heavy atom. The molecule has 0 aliphatic carbocycles. The predicted octanol–water partition coefficient (Wildman–Crippen LogP) is 3.55. The van der Waals surface area contributed by atoms with Gasteiger partial charge in [-0.1, -0.05) is 0 Å². The zero-order valence-electron chi connectivity index (χ0n) is 17.1. The number of benzene rings is 4. The normalized spacial score (nSPS) is 10.4. The second-order valence-corrected chi connectivity index (χ2v) is 12.9. The number of amides is 2. The van der Waals surface area contributed by atoms with Crippen molar-refractivity contribution in [2.75, 3.05) is 9.80 Å². The minimum atomic E-state index is 0.112. The minimum absolute atomic E-state index is 0.112. The molecule has 2 amide bonds. The van der Waals surface area contributed by atoms with Crippen LogP contribution >= 0.6 is 0 Å². The second kappa shape index (κ2) is 10.9. The monoisotopic (exact) mass is 552 g/mol. The molecule has 4 aromatic carbocycles. The molecule has 6 heteroatoms. The van der Waals surface area contributed by atoms with E-state index in [1.54, 1.807) is 9.80 Å². The third-order valence-corrected chi connectivity index (χ3v) is 12.0. The van der Waals surface area contributed by atoms with Gasteiger partial charge in [0.1, 0.15) is 0 Å². The first-order valence-electron chi connectivity index (χ1n) is 9.93. The van der Waals surface area contributed by atoms with Gasteiger partial charge in [0.15, 0.2) is 0 Å². The van der Waals surface area contributed by atoms with Crippen LogP contribution in [0.2, 0.25) is 0 Å². The van der Waals surface area contributed by atoms with Crippen molar-refractivity contribution in [3.63, 3.8) is 0 Å². The molecule has 0 heterocycles. The second-order valence-electron chi connectivity index (χ2n) is 6.72. The van der Waals surface area contributed by atoms with Crippen LogP contribution in [0.4, 0.5) is 22.7 Å². The summed E-state index contributed by atoms with van der Waals surface area (Å²) in [5.41, 5.74) is 3.50. The van der Waals surface area contributed by atoms with Gasteiger partial charge in [0.25, 0.3) is 0 Å². The summed E-state index contributed by atoms with van der Waals surface area (Å²) >= 11 is 0.224. The van der Waals surface area contributed by atoms with E-state index in [0.29, 0.717) is 0 Å². The van der Waals surface area contributed by atoms with Gasteiger partial charge in [0.05, 0.1) is 0 Å². The molecule has 0 saturated heterocycles. The average Bonchev–Trinajstić information content (AvgIpc) is 2.86. The summed E-state index contributed by atoms with van der Waals surface area (Å²) in [5.74, 6) is 0. The van der Waals surface area contributed by atoms with E-state index < -0.39 is 0 Å². The first-order valence-corrected chi connectivity index (χ1v) is 16.0. The van der Waals surface area contributed by atoms with Crippen LogP contribution in [0.1, 0.15) is 0 Å². The molecule has 0 spiro atoms. The molecule has 0 unspecified atom stereocenters. The van der Waals surface area contributed by atoms with Crippen LogP contribution in [-0.4, -0.2) is 39.1 Å². The van der Waals surface area contributed by atoms with E-state index in [4.69, 9.17) is 0 Å². The predicted molar refractivity (Wildman–Crippen MR) is 133 cm³/mol. The van der Waals surface area contributed by atoms with E-state index in [2.05, 4.69) is 12.1 Å². The molecule has 4 nitrogen and oxygen atoms in total. The van der Waals surface area contributed by atoms with Crippen LogP contribution < -0.4 is 18.7 Å². The van der Waals surface area contributed by atoms with Gasteiger partial charge in [-0.05, 0) is 0 Å². The van der Waals surface area contributed by atoms with Gasteiger partial charge in [0.2, 0.25) is 0 Å². The van der Waals surface area contributed by atoms with E-state index in [1.165, 1.54) is 0 Å². The van der Waals surface area contributed by atoms with Crippen molar-refractivity contribution in [1.29, 1.82) is 0 Å². The third kappa shape index (κ3) is 5.01. The molecule has 0 atom stereocenters. The fourth-order valence-electron chi connectivity index (χ4n) is 3.23. The van der Waals surface area contributed by atoms with Crippen molar-refractivity contribution in [2.24, 2.45) is 0 Å². The molecule has 0 aliphatic heterocycles. The van der Waals surface area contributed by atoms with Gasteiger partial charge in [-0.2, -0.15) is 0 Å². The summed E-state index contributed by atoms with van der Waals surface area (Å²) < 4.78 is 2.31. The van der Waals surface area contributed by atoms with Gasteiger partial charge in [0, 0.05) is 0 Å². The maximum atomic E-state index is 12.0. The quantitative estimate of drug-likeness (QED) is 0.237. The van der Waals surface area contributed by atoms with Crippen LogP contribution in [0.15, 0.2) is 109 Å². The number of nitrogens with zero attached hydrogens (tertiary/aromatic N) is 2. The molecule has 32 heavy (non-hydrogen) atoms. The van der Waals surface area contributed by atoms with E-state index in [0.717, 1.165) is 44.5 Å². The van der Waals surface area contributed by atoms with Crippen molar-refractivity contribution in [3.05, 3.63) is 109 Å². The summed E-state index contributed by atoms with van der Waals surface area (Å²) in [4.78, 5) is 27.3. The van der Waals surface area contributed by atoms with E-state index in [9.17, 15) is 9.59 Å². The number of anilines is 4. The Bertz CT molecular complexity index is 1090. The molecular weight excluding hydrogens is 530 g/mol. The first kappa shape index (κ1) is 22.1. The Morgan fingerprint density at radius 2 is 0.812 bits per heavy atom. The Balaban J connectivity index is 1.62. The van der Waals surface area contributed by atoms with Crippen LogP contribution in [0.5, 0.6) is 0 Å². The van der Waals surface area contributed by atoms with Crippen LogP contribution in [-0.2, 0) is 9.59 Å². The molecule has 0 N–H and O–H groups in total. The van der Waals surface area contributed by atoms with Crippen molar-refractivity contribution >= 4 is 70.8 Å². The number of rotatable bonds is 9. The van der Waals surface area contributed by atoms with E-state index in [1.807, 2.05) is 97.1 Å². The third-order valence-electron chi connectivity index (χ3n) is 4.75. The molecule has 4 rings (SSSR count). The van der Waals surface area contributed by atoms with Gasteiger partial charge >= 0.3 is 199 Å². The Labute approximate surface area is 198 Å². The van der Waals surface area contributed by atoms with Crippen LogP contribution in [0.3, 0.4) is 0 Å². The average molecular weight is 550 g/mol. The van der Waals surface area contributed by atoms with Gasteiger partial charge < -0.3 is 0 Å². The number of carbonyl (C=O) groups is 2. The number of hydrogen-bond donors (Lipinski definition) is 0. The summed E-state index contributed by atoms with van der Waals surface area (Å²) in [7, 11) is 0. The Kier molecular flexibility index (Phi) is 7.54.